The van der Waals surface area contributed by atoms with E-state index < -0.39 is 5.97 Å². The Labute approximate surface area is 114 Å². The maximum Gasteiger partial charge on any atom is 0.347 e. The number of hydrogen-bond donors (Lipinski definition) is 2. The van der Waals surface area contributed by atoms with Crippen molar-refractivity contribution in [3.05, 3.63) is 40.9 Å². The molecule has 19 heavy (non-hydrogen) atoms. The summed E-state index contributed by atoms with van der Waals surface area (Å²) >= 11 is 1.13. The van der Waals surface area contributed by atoms with Crippen molar-refractivity contribution < 1.29 is 14.6 Å². The number of carbonyl (C=O) groups is 1. The number of carboxylic acids is 1. The molecule has 2 rings (SSSR count). The van der Waals surface area contributed by atoms with Crippen molar-refractivity contribution in [1.29, 1.82) is 0 Å². The number of benzene rings is 1. The van der Waals surface area contributed by atoms with E-state index in [2.05, 4.69) is 10.3 Å². The molecule has 0 aliphatic heterocycles. The Morgan fingerprint density at radius 1 is 1.42 bits per heavy atom. The van der Waals surface area contributed by atoms with E-state index in [1.54, 1.807) is 7.11 Å². The summed E-state index contributed by atoms with van der Waals surface area (Å²) in [5.74, 6) is -0.152. The maximum absolute atomic E-state index is 10.8. The largest absolute Gasteiger partial charge is 0.497 e. The molecule has 0 spiro atoms. The highest BCUT2D eigenvalue weighted by Gasteiger charge is 2.11. The van der Waals surface area contributed by atoms with Gasteiger partial charge in [-0.15, -0.1) is 0 Å². The van der Waals surface area contributed by atoms with Gasteiger partial charge in [0.15, 0.2) is 5.13 Å². The summed E-state index contributed by atoms with van der Waals surface area (Å²) in [7, 11) is 1.62. The van der Waals surface area contributed by atoms with Gasteiger partial charge in [0.25, 0.3) is 0 Å². The first-order valence-electron chi connectivity index (χ1n) is 5.69. The van der Waals surface area contributed by atoms with Gasteiger partial charge in [-0.2, -0.15) is 0 Å². The molecule has 0 bridgehead atoms. The fourth-order valence-electron chi connectivity index (χ4n) is 1.60. The van der Waals surface area contributed by atoms with Crippen LogP contribution in [0.15, 0.2) is 30.5 Å². The molecule has 6 heteroatoms. The van der Waals surface area contributed by atoms with Crippen LogP contribution < -0.4 is 10.1 Å². The second-order valence-electron chi connectivity index (χ2n) is 3.97. The highest BCUT2D eigenvalue weighted by Crippen LogP contribution is 2.24. The van der Waals surface area contributed by atoms with Crippen molar-refractivity contribution in [3.8, 4) is 5.75 Å². The number of nitrogens with one attached hydrogen (secondary N) is 1. The summed E-state index contributed by atoms with van der Waals surface area (Å²) in [6.07, 6.45) is 1.36. The summed E-state index contributed by atoms with van der Waals surface area (Å²) in [6.45, 7) is 1.99. The number of ether oxygens (including phenoxy) is 1. The highest BCUT2D eigenvalue weighted by atomic mass is 32.1. The fraction of sp³-hybridized carbons (Fsp3) is 0.231. The Bertz CT molecular complexity index is 566. The van der Waals surface area contributed by atoms with Crippen LogP contribution in [0.25, 0.3) is 0 Å². The van der Waals surface area contributed by atoms with Gasteiger partial charge in [0.2, 0.25) is 0 Å². The number of aromatic nitrogens is 1. The topological polar surface area (TPSA) is 71.5 Å². The van der Waals surface area contributed by atoms with E-state index in [4.69, 9.17) is 9.84 Å². The number of carboxylic acid groups (broad SMARTS) is 1. The van der Waals surface area contributed by atoms with Crippen LogP contribution in [-0.4, -0.2) is 23.2 Å². The molecule has 5 nitrogen and oxygen atoms in total. The molecule has 0 fully saturated rings. The maximum atomic E-state index is 10.8. The third kappa shape index (κ3) is 3.23. The third-order valence-corrected chi connectivity index (χ3v) is 3.59. The van der Waals surface area contributed by atoms with Crippen molar-refractivity contribution in [2.75, 3.05) is 12.4 Å². The van der Waals surface area contributed by atoms with Crippen molar-refractivity contribution in [2.45, 2.75) is 13.0 Å². The van der Waals surface area contributed by atoms with Crippen LogP contribution in [0.1, 0.15) is 28.2 Å². The molecule has 0 unspecified atom stereocenters. The Morgan fingerprint density at radius 3 is 2.63 bits per heavy atom. The zero-order chi connectivity index (χ0) is 13.8. The minimum absolute atomic E-state index is 0.0405. The highest BCUT2D eigenvalue weighted by molar-refractivity contribution is 7.17. The first-order valence-corrected chi connectivity index (χ1v) is 6.51. The lowest BCUT2D eigenvalue weighted by Gasteiger charge is -2.13. The zero-order valence-electron chi connectivity index (χ0n) is 10.6. The second-order valence-corrected chi connectivity index (χ2v) is 5.00. The van der Waals surface area contributed by atoms with Gasteiger partial charge in [-0.05, 0) is 24.6 Å². The average molecular weight is 278 g/mol. The average Bonchev–Trinajstić information content (AvgIpc) is 2.87. The lowest BCUT2D eigenvalue weighted by Crippen LogP contribution is -2.05. The molecule has 1 atom stereocenters. The van der Waals surface area contributed by atoms with E-state index in [1.807, 2.05) is 31.2 Å². The second kappa shape index (κ2) is 5.71. The van der Waals surface area contributed by atoms with Crippen molar-refractivity contribution >= 4 is 22.4 Å². The molecule has 0 saturated heterocycles. The predicted molar refractivity (Wildman–Crippen MR) is 74.1 cm³/mol. The van der Waals surface area contributed by atoms with Gasteiger partial charge in [0, 0.05) is 0 Å². The lowest BCUT2D eigenvalue weighted by molar-refractivity contribution is 0.0702. The van der Waals surface area contributed by atoms with E-state index in [0.29, 0.717) is 5.13 Å². The Hall–Kier alpha value is -2.08. The van der Waals surface area contributed by atoms with Crippen LogP contribution in [0, 0.1) is 0 Å². The van der Waals surface area contributed by atoms with Gasteiger partial charge in [-0.1, -0.05) is 23.5 Å². The Kier molecular flexibility index (Phi) is 4.01. The third-order valence-electron chi connectivity index (χ3n) is 2.67. The summed E-state index contributed by atoms with van der Waals surface area (Å²) in [6, 6.07) is 7.74. The summed E-state index contributed by atoms with van der Waals surface area (Å²) < 4.78 is 5.10. The smallest absolute Gasteiger partial charge is 0.347 e. The first kappa shape index (κ1) is 13.4. The number of nitrogens with zero attached hydrogens (tertiary/aromatic N) is 1. The molecule has 1 aromatic carbocycles. The summed E-state index contributed by atoms with van der Waals surface area (Å²) in [4.78, 5) is 15.0. The van der Waals surface area contributed by atoms with Crippen molar-refractivity contribution in [1.82, 2.24) is 4.98 Å². The van der Waals surface area contributed by atoms with Crippen molar-refractivity contribution in [3.63, 3.8) is 0 Å². The van der Waals surface area contributed by atoms with Crippen LogP contribution >= 0.6 is 11.3 Å². The number of hydrogen-bond acceptors (Lipinski definition) is 5. The fourth-order valence-corrected chi connectivity index (χ4v) is 2.34. The van der Waals surface area contributed by atoms with Gasteiger partial charge in [0.1, 0.15) is 10.6 Å². The van der Waals surface area contributed by atoms with E-state index in [0.717, 1.165) is 22.6 Å². The van der Waals surface area contributed by atoms with Crippen LogP contribution in [0.3, 0.4) is 0 Å². The molecule has 1 heterocycles. The van der Waals surface area contributed by atoms with E-state index in [-0.39, 0.29) is 10.9 Å². The van der Waals surface area contributed by atoms with Crippen LogP contribution in [0.2, 0.25) is 0 Å². The minimum atomic E-state index is -0.956. The van der Waals surface area contributed by atoms with Crippen LogP contribution in [-0.2, 0) is 0 Å². The first-order chi connectivity index (χ1) is 9.10. The minimum Gasteiger partial charge on any atom is -0.497 e. The molecule has 2 N–H and O–H groups in total. The normalized spacial score (nSPS) is 11.9. The quantitative estimate of drug-likeness (QED) is 0.879. The number of methoxy groups -OCH3 is 1. The van der Waals surface area contributed by atoms with Gasteiger partial charge in [-0.25, -0.2) is 9.78 Å². The Balaban J connectivity index is 2.06. The molecule has 0 aliphatic carbocycles. The number of rotatable bonds is 5. The molecule has 0 saturated carbocycles. The molecule has 100 valence electrons. The van der Waals surface area contributed by atoms with E-state index >= 15 is 0 Å². The van der Waals surface area contributed by atoms with E-state index in [1.165, 1.54) is 6.20 Å². The zero-order valence-corrected chi connectivity index (χ0v) is 11.4. The molecule has 1 aromatic heterocycles. The molecule has 0 aliphatic rings. The van der Waals surface area contributed by atoms with Crippen molar-refractivity contribution in [2.24, 2.45) is 0 Å². The SMILES string of the molecule is COc1ccc([C@H](C)Nc2ncc(C(=O)O)s2)cc1. The predicted octanol–water partition coefficient (Wildman–Crippen LogP) is 3.02. The number of aromatic carboxylic acids is 1. The molecule has 0 radical (unpaired) electrons. The number of anilines is 1. The lowest BCUT2D eigenvalue weighted by atomic mass is 10.1. The summed E-state index contributed by atoms with van der Waals surface area (Å²) in [5.41, 5.74) is 1.08. The summed E-state index contributed by atoms with van der Waals surface area (Å²) in [5, 5.41) is 12.6. The van der Waals surface area contributed by atoms with Gasteiger partial charge in [-0.3, -0.25) is 0 Å². The number of thiazole rings is 1. The van der Waals surface area contributed by atoms with Gasteiger partial charge < -0.3 is 15.2 Å². The van der Waals surface area contributed by atoms with Crippen LogP contribution in [0.5, 0.6) is 5.75 Å². The molecule has 0 amide bonds. The van der Waals surface area contributed by atoms with Gasteiger partial charge >= 0.3 is 5.97 Å². The van der Waals surface area contributed by atoms with E-state index in [9.17, 15) is 4.79 Å². The Morgan fingerprint density at radius 2 is 2.11 bits per heavy atom. The molecular formula is C13H14N2O3S. The van der Waals surface area contributed by atoms with Gasteiger partial charge in [0.05, 0.1) is 19.3 Å². The monoisotopic (exact) mass is 278 g/mol. The molecular weight excluding hydrogens is 264 g/mol. The standard InChI is InChI=1S/C13H14N2O3S/c1-8(9-3-5-10(18-2)6-4-9)15-13-14-7-11(19-13)12(16)17/h3-8H,1-2H3,(H,14,15)(H,16,17)/t8-/m0/s1. The molecule has 2 aromatic rings. The van der Waals surface area contributed by atoms with Crippen LogP contribution in [0.4, 0.5) is 5.13 Å².